The van der Waals surface area contributed by atoms with Crippen LogP contribution in [-0.4, -0.2) is 26.1 Å². The Balaban J connectivity index is 2.71. The van der Waals surface area contributed by atoms with Crippen LogP contribution in [0.4, 0.5) is 0 Å². The molecule has 1 aromatic carbocycles. The van der Waals surface area contributed by atoms with Crippen LogP contribution in [0.25, 0.3) is 0 Å². The van der Waals surface area contributed by atoms with Crippen molar-refractivity contribution in [1.29, 1.82) is 0 Å². The zero-order valence-electron chi connectivity index (χ0n) is 10.7. The minimum atomic E-state index is -3.46. The van der Waals surface area contributed by atoms with Gasteiger partial charge in [0, 0.05) is 6.54 Å². The van der Waals surface area contributed by atoms with Crippen molar-refractivity contribution in [2.75, 3.05) is 6.54 Å². The second kappa shape index (κ2) is 6.54. The molecule has 1 amide bonds. The maximum absolute atomic E-state index is 12.0. The fourth-order valence-electron chi connectivity index (χ4n) is 1.49. The first-order valence-electron chi connectivity index (χ1n) is 6.00. The number of benzene rings is 1. The third-order valence-corrected chi connectivity index (χ3v) is 4.69. The van der Waals surface area contributed by atoms with Crippen LogP contribution in [0.3, 0.4) is 0 Å². The summed E-state index contributed by atoms with van der Waals surface area (Å²) >= 11 is 0. The molecule has 4 nitrogen and oxygen atoms in total. The molecule has 0 radical (unpaired) electrons. The number of nitrogens with one attached hydrogen (secondary N) is 1. The molecular formula is C13H19NO3S. The molecule has 100 valence electrons. The molecule has 1 rings (SSSR count). The molecule has 0 aliphatic carbocycles. The largest absolute Gasteiger partial charge is 0.355 e. The molecule has 0 aliphatic heterocycles. The molecule has 0 bridgehead atoms. The van der Waals surface area contributed by atoms with Gasteiger partial charge in [-0.3, -0.25) is 4.79 Å². The summed E-state index contributed by atoms with van der Waals surface area (Å²) in [5.41, 5.74) is 0.702. The normalized spacial score (nSPS) is 13.0. The molecule has 0 spiro atoms. The van der Waals surface area contributed by atoms with Crippen LogP contribution in [0.1, 0.15) is 25.8 Å². The van der Waals surface area contributed by atoms with E-state index in [-0.39, 0.29) is 5.75 Å². The van der Waals surface area contributed by atoms with Gasteiger partial charge in [0.2, 0.25) is 5.91 Å². The van der Waals surface area contributed by atoms with Gasteiger partial charge in [0.15, 0.2) is 9.84 Å². The number of amides is 1. The molecule has 0 saturated carbocycles. The van der Waals surface area contributed by atoms with Crippen LogP contribution in [0.2, 0.25) is 0 Å². The molecule has 1 atom stereocenters. The molecule has 0 fully saturated rings. The summed E-state index contributed by atoms with van der Waals surface area (Å²) in [4.78, 5) is 11.6. The van der Waals surface area contributed by atoms with Crippen LogP contribution in [0.5, 0.6) is 0 Å². The van der Waals surface area contributed by atoms with Gasteiger partial charge in [-0.1, -0.05) is 37.3 Å². The van der Waals surface area contributed by atoms with Crippen molar-refractivity contribution in [3.05, 3.63) is 35.9 Å². The molecule has 1 N–H and O–H groups in total. The number of rotatable bonds is 6. The van der Waals surface area contributed by atoms with Crippen molar-refractivity contribution < 1.29 is 13.2 Å². The second-order valence-electron chi connectivity index (χ2n) is 4.23. The van der Waals surface area contributed by atoms with E-state index in [2.05, 4.69) is 5.32 Å². The topological polar surface area (TPSA) is 63.2 Å². The van der Waals surface area contributed by atoms with E-state index >= 15 is 0 Å². The van der Waals surface area contributed by atoms with Gasteiger partial charge in [0.1, 0.15) is 5.25 Å². The van der Waals surface area contributed by atoms with Gasteiger partial charge in [-0.25, -0.2) is 8.42 Å². The SMILES string of the molecule is CCCNC(=O)C(C)S(=O)(=O)Cc1ccccc1. The zero-order valence-corrected chi connectivity index (χ0v) is 11.5. The third-order valence-electron chi connectivity index (χ3n) is 2.67. The van der Waals surface area contributed by atoms with E-state index in [9.17, 15) is 13.2 Å². The molecule has 0 aromatic heterocycles. The second-order valence-corrected chi connectivity index (χ2v) is 6.55. The summed E-state index contributed by atoms with van der Waals surface area (Å²) in [6.45, 7) is 3.86. The predicted molar refractivity (Wildman–Crippen MR) is 71.8 cm³/mol. The molecule has 18 heavy (non-hydrogen) atoms. The lowest BCUT2D eigenvalue weighted by Gasteiger charge is -2.12. The number of sulfone groups is 1. The first-order valence-corrected chi connectivity index (χ1v) is 7.72. The highest BCUT2D eigenvalue weighted by atomic mass is 32.2. The molecule has 0 aliphatic rings. The van der Waals surface area contributed by atoms with E-state index in [1.165, 1.54) is 6.92 Å². The lowest BCUT2D eigenvalue weighted by Crippen LogP contribution is -2.38. The fraction of sp³-hybridized carbons (Fsp3) is 0.462. The van der Waals surface area contributed by atoms with Crippen molar-refractivity contribution in [3.8, 4) is 0 Å². The predicted octanol–water partition coefficient (Wildman–Crippen LogP) is 1.52. The molecule has 1 unspecified atom stereocenters. The summed E-state index contributed by atoms with van der Waals surface area (Å²) in [7, 11) is -3.46. The van der Waals surface area contributed by atoms with Gasteiger partial charge in [0.25, 0.3) is 0 Å². The first kappa shape index (κ1) is 14.7. The Morgan fingerprint density at radius 1 is 1.28 bits per heavy atom. The number of hydrogen-bond acceptors (Lipinski definition) is 3. The number of carbonyl (C=O) groups is 1. The van der Waals surface area contributed by atoms with Crippen LogP contribution < -0.4 is 5.32 Å². The minimum absolute atomic E-state index is 0.103. The molecule has 1 aromatic rings. The molecule has 0 saturated heterocycles. The van der Waals surface area contributed by atoms with Gasteiger partial charge in [0.05, 0.1) is 5.75 Å². The quantitative estimate of drug-likeness (QED) is 0.851. The molecule has 5 heteroatoms. The fourth-order valence-corrected chi connectivity index (χ4v) is 2.80. The van der Waals surface area contributed by atoms with E-state index in [4.69, 9.17) is 0 Å². The first-order chi connectivity index (χ1) is 8.47. The zero-order chi connectivity index (χ0) is 13.6. The highest BCUT2D eigenvalue weighted by molar-refractivity contribution is 7.92. The van der Waals surface area contributed by atoms with Crippen LogP contribution >= 0.6 is 0 Å². The Bertz CT molecular complexity index is 482. The Hall–Kier alpha value is -1.36. The van der Waals surface area contributed by atoms with Crippen LogP contribution in [-0.2, 0) is 20.4 Å². The van der Waals surface area contributed by atoms with Crippen LogP contribution in [0, 0.1) is 0 Å². The average molecular weight is 269 g/mol. The molecular weight excluding hydrogens is 250 g/mol. The summed E-state index contributed by atoms with van der Waals surface area (Å²) in [6.07, 6.45) is 0.789. The minimum Gasteiger partial charge on any atom is -0.355 e. The van der Waals surface area contributed by atoms with Crippen molar-refractivity contribution in [2.24, 2.45) is 0 Å². The average Bonchev–Trinajstić information content (AvgIpc) is 2.35. The standard InChI is InChI=1S/C13H19NO3S/c1-3-9-14-13(15)11(2)18(16,17)10-12-7-5-4-6-8-12/h4-8,11H,3,9-10H2,1-2H3,(H,14,15). The van der Waals surface area contributed by atoms with Crippen molar-refractivity contribution in [1.82, 2.24) is 5.32 Å². The van der Waals surface area contributed by atoms with E-state index in [1.54, 1.807) is 24.3 Å². The Morgan fingerprint density at radius 2 is 1.89 bits per heavy atom. The van der Waals surface area contributed by atoms with Gasteiger partial charge in [-0.2, -0.15) is 0 Å². The van der Waals surface area contributed by atoms with Crippen molar-refractivity contribution >= 4 is 15.7 Å². The maximum atomic E-state index is 12.0. The smallest absolute Gasteiger partial charge is 0.238 e. The van der Waals surface area contributed by atoms with E-state index in [1.807, 2.05) is 13.0 Å². The lowest BCUT2D eigenvalue weighted by molar-refractivity contribution is -0.120. The summed E-state index contributed by atoms with van der Waals surface area (Å²) < 4.78 is 24.1. The monoisotopic (exact) mass is 269 g/mol. The summed E-state index contributed by atoms with van der Waals surface area (Å²) in [6, 6.07) is 8.88. The van der Waals surface area contributed by atoms with Crippen LogP contribution in [0.15, 0.2) is 30.3 Å². The van der Waals surface area contributed by atoms with E-state index in [0.29, 0.717) is 12.1 Å². The van der Waals surface area contributed by atoms with Crippen molar-refractivity contribution in [3.63, 3.8) is 0 Å². The summed E-state index contributed by atoms with van der Waals surface area (Å²) in [5, 5.41) is 1.60. The van der Waals surface area contributed by atoms with Crippen molar-refractivity contribution in [2.45, 2.75) is 31.3 Å². The van der Waals surface area contributed by atoms with Gasteiger partial charge in [-0.15, -0.1) is 0 Å². The Kier molecular flexibility index (Phi) is 5.34. The van der Waals surface area contributed by atoms with Gasteiger partial charge < -0.3 is 5.32 Å². The Labute approximate surface area is 108 Å². The van der Waals surface area contributed by atoms with E-state index < -0.39 is 21.0 Å². The Morgan fingerprint density at radius 3 is 2.44 bits per heavy atom. The van der Waals surface area contributed by atoms with Gasteiger partial charge in [-0.05, 0) is 18.9 Å². The highest BCUT2D eigenvalue weighted by Gasteiger charge is 2.27. The maximum Gasteiger partial charge on any atom is 0.238 e. The number of carbonyl (C=O) groups excluding carboxylic acids is 1. The lowest BCUT2D eigenvalue weighted by atomic mass is 10.2. The third kappa shape index (κ3) is 4.14. The van der Waals surface area contributed by atoms with E-state index in [0.717, 1.165) is 6.42 Å². The van der Waals surface area contributed by atoms with Gasteiger partial charge >= 0.3 is 0 Å². The highest BCUT2D eigenvalue weighted by Crippen LogP contribution is 2.11. The number of hydrogen-bond donors (Lipinski definition) is 1. The molecule has 0 heterocycles. The summed E-state index contributed by atoms with van der Waals surface area (Å²) in [5.74, 6) is -0.526.